The summed E-state index contributed by atoms with van der Waals surface area (Å²) in [4.78, 5) is 0. The molecular formula is C12H18. The van der Waals surface area contributed by atoms with Gasteiger partial charge in [-0.2, -0.15) is 0 Å². The second-order valence-corrected chi connectivity index (χ2v) is 2.56. The Bertz CT molecular complexity index is 180. The number of rotatable bonds is 5. The second-order valence-electron chi connectivity index (χ2n) is 2.56. The van der Waals surface area contributed by atoms with Crippen molar-refractivity contribution >= 4 is 0 Å². The lowest BCUT2D eigenvalue weighted by molar-refractivity contribution is 1.02. The van der Waals surface area contributed by atoms with Crippen LogP contribution < -0.4 is 0 Å². The van der Waals surface area contributed by atoms with E-state index >= 15 is 0 Å². The number of hydrogen-bond acceptors (Lipinski definition) is 0. The Hall–Kier alpha value is -1.04. The lowest BCUT2D eigenvalue weighted by Crippen LogP contribution is -1.86. The van der Waals surface area contributed by atoms with Crippen molar-refractivity contribution in [1.82, 2.24) is 0 Å². The molecule has 0 unspecified atom stereocenters. The molecule has 0 heteroatoms. The minimum Gasteiger partial charge on any atom is -0.0991 e. The highest BCUT2D eigenvalue weighted by molar-refractivity contribution is 5.34. The monoisotopic (exact) mass is 162 g/mol. The van der Waals surface area contributed by atoms with Crippen molar-refractivity contribution in [2.24, 2.45) is 0 Å². The molecule has 0 bridgehead atoms. The van der Waals surface area contributed by atoms with Crippen LogP contribution >= 0.6 is 0 Å². The van der Waals surface area contributed by atoms with Crippen molar-refractivity contribution in [3.05, 3.63) is 48.6 Å². The van der Waals surface area contributed by atoms with E-state index in [1.165, 1.54) is 11.1 Å². The summed E-state index contributed by atoms with van der Waals surface area (Å²) in [6, 6.07) is 0. The Balaban J connectivity index is 4.66. The number of allylic oxidation sites excluding steroid dienone is 6. The third-order valence-corrected chi connectivity index (χ3v) is 1.81. The van der Waals surface area contributed by atoms with Gasteiger partial charge in [0.25, 0.3) is 0 Å². The third-order valence-electron chi connectivity index (χ3n) is 1.81. The summed E-state index contributed by atoms with van der Waals surface area (Å²) < 4.78 is 0. The minimum atomic E-state index is 1.06. The highest BCUT2D eigenvalue weighted by Crippen LogP contribution is 2.17. The molecule has 0 saturated carbocycles. The second kappa shape index (κ2) is 6.66. The number of hydrogen-bond donors (Lipinski definition) is 0. The molecule has 0 atom stereocenters. The van der Waals surface area contributed by atoms with Crippen LogP contribution in [0.5, 0.6) is 0 Å². The van der Waals surface area contributed by atoms with Crippen LogP contribution in [0.4, 0.5) is 0 Å². The molecule has 0 aromatic carbocycles. The Morgan fingerprint density at radius 1 is 0.917 bits per heavy atom. The molecule has 0 saturated heterocycles. The maximum Gasteiger partial charge on any atom is -0.0305 e. The summed E-state index contributed by atoms with van der Waals surface area (Å²) in [5.74, 6) is 0. The summed E-state index contributed by atoms with van der Waals surface area (Å²) in [7, 11) is 0. The summed E-state index contributed by atoms with van der Waals surface area (Å²) in [5, 5.41) is 0. The first-order valence-electron chi connectivity index (χ1n) is 4.43. The minimum absolute atomic E-state index is 1.06. The van der Waals surface area contributed by atoms with E-state index < -0.39 is 0 Å². The van der Waals surface area contributed by atoms with Crippen molar-refractivity contribution in [2.45, 2.75) is 26.7 Å². The van der Waals surface area contributed by atoms with Crippen molar-refractivity contribution < 1.29 is 0 Å². The van der Waals surface area contributed by atoms with Gasteiger partial charge in [0.15, 0.2) is 0 Å². The Labute approximate surface area is 76.0 Å². The van der Waals surface area contributed by atoms with Crippen LogP contribution in [0, 0.1) is 0 Å². The van der Waals surface area contributed by atoms with Gasteiger partial charge < -0.3 is 0 Å². The molecule has 0 amide bonds. The molecule has 0 aliphatic carbocycles. The lowest BCUT2D eigenvalue weighted by Gasteiger charge is -2.05. The van der Waals surface area contributed by atoms with Crippen LogP contribution in [0.3, 0.4) is 0 Å². The summed E-state index contributed by atoms with van der Waals surface area (Å²) in [5.41, 5.74) is 2.71. The maximum absolute atomic E-state index is 3.70. The molecule has 0 fully saturated rings. The Kier molecular flexibility index (Phi) is 6.08. The topological polar surface area (TPSA) is 0 Å². The first kappa shape index (κ1) is 11.0. The molecule has 0 heterocycles. The quantitative estimate of drug-likeness (QED) is 0.535. The van der Waals surface area contributed by atoms with Crippen LogP contribution in [0.1, 0.15) is 26.7 Å². The zero-order valence-electron chi connectivity index (χ0n) is 8.14. The summed E-state index contributed by atoms with van der Waals surface area (Å²) in [6.07, 6.45) is 9.92. The van der Waals surface area contributed by atoms with Gasteiger partial charge >= 0.3 is 0 Å². The van der Waals surface area contributed by atoms with Gasteiger partial charge in [0.05, 0.1) is 0 Å². The summed E-state index contributed by atoms with van der Waals surface area (Å²) in [6.45, 7) is 11.7. The zero-order chi connectivity index (χ0) is 9.40. The molecule has 66 valence electrons. The molecule has 12 heavy (non-hydrogen) atoms. The SMILES string of the molecule is C=C/C=C(CC)\C(=C/C=C)CC. The molecule has 0 spiro atoms. The molecule has 0 aromatic heterocycles. The average molecular weight is 162 g/mol. The van der Waals surface area contributed by atoms with Gasteiger partial charge in [0.2, 0.25) is 0 Å². The smallest absolute Gasteiger partial charge is 0.0305 e. The molecule has 0 aromatic rings. The van der Waals surface area contributed by atoms with E-state index in [-0.39, 0.29) is 0 Å². The van der Waals surface area contributed by atoms with Crippen LogP contribution in [-0.4, -0.2) is 0 Å². The van der Waals surface area contributed by atoms with Gasteiger partial charge in [0.1, 0.15) is 0 Å². The fourth-order valence-corrected chi connectivity index (χ4v) is 1.19. The van der Waals surface area contributed by atoms with Gasteiger partial charge in [-0.05, 0) is 24.0 Å². The van der Waals surface area contributed by atoms with Crippen LogP contribution in [0.2, 0.25) is 0 Å². The normalized spacial score (nSPS) is 12.8. The Morgan fingerprint density at radius 2 is 1.25 bits per heavy atom. The van der Waals surface area contributed by atoms with Gasteiger partial charge in [-0.15, -0.1) is 0 Å². The van der Waals surface area contributed by atoms with E-state index in [4.69, 9.17) is 0 Å². The largest absolute Gasteiger partial charge is 0.0991 e. The van der Waals surface area contributed by atoms with E-state index in [0.717, 1.165) is 12.8 Å². The van der Waals surface area contributed by atoms with Gasteiger partial charge in [-0.3, -0.25) is 0 Å². The molecule has 0 nitrogen and oxygen atoms in total. The summed E-state index contributed by atoms with van der Waals surface area (Å²) >= 11 is 0. The average Bonchev–Trinajstić information content (AvgIpc) is 2.11. The van der Waals surface area contributed by atoms with Crippen LogP contribution in [-0.2, 0) is 0 Å². The van der Waals surface area contributed by atoms with E-state index in [1.54, 1.807) is 0 Å². The van der Waals surface area contributed by atoms with Crippen molar-refractivity contribution in [3.63, 3.8) is 0 Å². The van der Waals surface area contributed by atoms with Crippen LogP contribution in [0.15, 0.2) is 48.6 Å². The molecule has 0 rings (SSSR count). The van der Waals surface area contributed by atoms with E-state index in [1.807, 2.05) is 12.2 Å². The predicted molar refractivity (Wildman–Crippen MR) is 57.1 cm³/mol. The van der Waals surface area contributed by atoms with E-state index in [2.05, 4.69) is 39.2 Å². The molecule has 0 radical (unpaired) electrons. The standard InChI is InChI=1S/C12H18/c1-5-9-11(7-3)12(8-4)10-6-2/h5-6,9-10H,1-2,7-8H2,3-4H3/b11-9-,12-10-. The Morgan fingerprint density at radius 3 is 1.42 bits per heavy atom. The van der Waals surface area contributed by atoms with E-state index in [9.17, 15) is 0 Å². The molecular weight excluding hydrogens is 144 g/mol. The molecule has 0 aliphatic rings. The first-order valence-corrected chi connectivity index (χ1v) is 4.43. The first-order chi connectivity index (χ1) is 5.79. The van der Waals surface area contributed by atoms with Crippen molar-refractivity contribution in [1.29, 1.82) is 0 Å². The highest BCUT2D eigenvalue weighted by atomic mass is 14.0. The molecule has 0 aliphatic heterocycles. The third kappa shape index (κ3) is 3.38. The van der Waals surface area contributed by atoms with Crippen molar-refractivity contribution in [2.75, 3.05) is 0 Å². The van der Waals surface area contributed by atoms with Gasteiger partial charge in [0, 0.05) is 0 Å². The lowest BCUT2D eigenvalue weighted by atomic mass is 10.0. The highest BCUT2D eigenvalue weighted by Gasteiger charge is 1.97. The predicted octanol–water partition coefficient (Wildman–Crippen LogP) is 4.03. The fraction of sp³-hybridized carbons (Fsp3) is 0.333. The molecule has 0 N–H and O–H groups in total. The van der Waals surface area contributed by atoms with Crippen molar-refractivity contribution in [3.8, 4) is 0 Å². The fourth-order valence-electron chi connectivity index (χ4n) is 1.19. The van der Waals surface area contributed by atoms with Gasteiger partial charge in [-0.25, -0.2) is 0 Å². The van der Waals surface area contributed by atoms with Gasteiger partial charge in [-0.1, -0.05) is 51.3 Å². The zero-order valence-corrected chi connectivity index (χ0v) is 8.14. The van der Waals surface area contributed by atoms with E-state index in [0.29, 0.717) is 0 Å². The van der Waals surface area contributed by atoms with Crippen LogP contribution in [0.25, 0.3) is 0 Å². The maximum atomic E-state index is 3.70.